The first-order chi connectivity index (χ1) is 9.53. The molecule has 0 saturated heterocycles. The van der Waals surface area contributed by atoms with Gasteiger partial charge in [0.05, 0.1) is 5.69 Å². The fourth-order valence-electron chi connectivity index (χ4n) is 2.88. The number of hydrogen-bond acceptors (Lipinski definition) is 2. The molecule has 1 aliphatic rings. The Kier molecular flexibility index (Phi) is 4.48. The van der Waals surface area contributed by atoms with E-state index in [0.29, 0.717) is 6.42 Å². The number of carbonyl (C=O) groups is 1. The molecule has 110 valence electrons. The second-order valence-electron chi connectivity index (χ2n) is 6.40. The molecule has 0 amide bonds. The third-order valence-electron chi connectivity index (χ3n) is 3.85. The quantitative estimate of drug-likeness (QED) is 0.830. The molecule has 0 saturated carbocycles. The zero-order valence-corrected chi connectivity index (χ0v) is 13.2. The Labute approximate surface area is 132 Å². The van der Waals surface area contributed by atoms with E-state index in [1.165, 1.54) is 5.56 Å². The van der Waals surface area contributed by atoms with Crippen LogP contribution in [0.2, 0.25) is 0 Å². The highest BCUT2D eigenvalue weighted by Crippen LogP contribution is 2.33. The zero-order chi connectivity index (χ0) is 14.2. The third kappa shape index (κ3) is 3.51. The van der Waals surface area contributed by atoms with Crippen molar-refractivity contribution < 1.29 is 4.79 Å². The Hall–Kier alpha value is -1.67. The van der Waals surface area contributed by atoms with Gasteiger partial charge in [-0.05, 0) is 29.5 Å². The number of ketones is 1. The minimum absolute atomic E-state index is 0. The fourth-order valence-corrected chi connectivity index (χ4v) is 2.88. The number of rotatable bonds is 2. The van der Waals surface area contributed by atoms with Crippen molar-refractivity contribution in [1.82, 2.24) is 4.98 Å². The van der Waals surface area contributed by atoms with Crippen molar-refractivity contribution in [2.24, 2.45) is 5.41 Å². The van der Waals surface area contributed by atoms with Crippen molar-refractivity contribution in [2.75, 3.05) is 0 Å². The summed E-state index contributed by atoms with van der Waals surface area (Å²) >= 11 is 0. The number of pyridine rings is 1. The lowest BCUT2D eigenvalue weighted by molar-refractivity contribution is 0.0910. The number of fused-ring (bicyclic) bond motifs is 1. The normalized spacial score (nSPS) is 16.0. The van der Waals surface area contributed by atoms with Gasteiger partial charge in [-0.1, -0.05) is 44.2 Å². The van der Waals surface area contributed by atoms with Gasteiger partial charge in [0, 0.05) is 24.1 Å². The molecule has 0 radical (unpaired) electrons. The van der Waals surface area contributed by atoms with E-state index in [2.05, 4.69) is 26.0 Å². The number of hydrogen-bond donors (Lipinski definition) is 0. The third-order valence-corrected chi connectivity index (χ3v) is 3.85. The molecule has 1 aromatic carbocycles. The van der Waals surface area contributed by atoms with Crippen molar-refractivity contribution in [2.45, 2.75) is 33.1 Å². The van der Waals surface area contributed by atoms with Gasteiger partial charge in [0.2, 0.25) is 0 Å². The summed E-state index contributed by atoms with van der Waals surface area (Å²) in [6.07, 6.45) is 2.33. The second kappa shape index (κ2) is 5.98. The minimum atomic E-state index is 0. The maximum absolute atomic E-state index is 12.1. The molecule has 3 heteroatoms. The summed E-state index contributed by atoms with van der Waals surface area (Å²) in [4.78, 5) is 16.9. The van der Waals surface area contributed by atoms with E-state index in [0.717, 1.165) is 29.8 Å². The van der Waals surface area contributed by atoms with Gasteiger partial charge >= 0.3 is 0 Å². The van der Waals surface area contributed by atoms with Crippen LogP contribution in [0, 0.1) is 5.41 Å². The smallest absolute Gasteiger partial charge is 0.165 e. The van der Waals surface area contributed by atoms with Crippen LogP contribution < -0.4 is 0 Å². The maximum atomic E-state index is 12.1. The van der Waals surface area contributed by atoms with Gasteiger partial charge in [-0.2, -0.15) is 0 Å². The van der Waals surface area contributed by atoms with Gasteiger partial charge in [0.15, 0.2) is 5.78 Å². The molecule has 2 nitrogen and oxygen atoms in total. The van der Waals surface area contributed by atoms with E-state index < -0.39 is 0 Å². The highest BCUT2D eigenvalue weighted by Gasteiger charge is 2.31. The first-order valence-corrected chi connectivity index (χ1v) is 7.09. The minimum Gasteiger partial charge on any atom is -0.294 e. The van der Waals surface area contributed by atoms with E-state index in [1.807, 2.05) is 30.3 Å². The first-order valence-electron chi connectivity index (χ1n) is 7.09. The van der Waals surface area contributed by atoms with Crippen LogP contribution >= 0.6 is 12.4 Å². The summed E-state index contributed by atoms with van der Waals surface area (Å²) in [6.45, 7) is 4.28. The number of benzene rings is 1. The highest BCUT2D eigenvalue weighted by molar-refractivity contribution is 5.98. The number of nitrogens with zero attached hydrogens (tertiary/aromatic N) is 1. The molecule has 21 heavy (non-hydrogen) atoms. The van der Waals surface area contributed by atoms with Crippen molar-refractivity contribution in [3.8, 4) is 0 Å². The van der Waals surface area contributed by atoms with Gasteiger partial charge < -0.3 is 0 Å². The molecule has 1 heterocycles. The molecule has 0 aliphatic heterocycles. The average molecular weight is 302 g/mol. The lowest BCUT2D eigenvalue weighted by Crippen LogP contribution is -2.28. The highest BCUT2D eigenvalue weighted by atomic mass is 35.5. The molecule has 0 unspecified atom stereocenters. The van der Waals surface area contributed by atoms with Crippen molar-refractivity contribution >= 4 is 18.2 Å². The summed E-state index contributed by atoms with van der Waals surface area (Å²) in [6, 6.07) is 14.3. The van der Waals surface area contributed by atoms with Gasteiger partial charge in [-0.25, -0.2) is 0 Å². The number of Topliss-reactive ketones (excluding diaryl/α,β-unsaturated/α-hetero) is 1. The van der Waals surface area contributed by atoms with E-state index >= 15 is 0 Å². The van der Waals surface area contributed by atoms with Crippen LogP contribution in [0.1, 0.15) is 47.6 Å². The van der Waals surface area contributed by atoms with Crippen LogP contribution in [0.15, 0.2) is 42.5 Å². The zero-order valence-electron chi connectivity index (χ0n) is 12.4. The Morgan fingerprint density at radius 3 is 2.48 bits per heavy atom. The van der Waals surface area contributed by atoms with Crippen LogP contribution in [-0.2, 0) is 12.8 Å². The van der Waals surface area contributed by atoms with Crippen LogP contribution in [-0.4, -0.2) is 10.8 Å². The molecule has 0 N–H and O–H groups in total. The van der Waals surface area contributed by atoms with Crippen molar-refractivity contribution in [3.05, 3.63) is 65.0 Å². The number of aromatic nitrogens is 1. The van der Waals surface area contributed by atoms with E-state index in [9.17, 15) is 4.79 Å². The molecule has 0 bridgehead atoms. The van der Waals surface area contributed by atoms with Gasteiger partial charge in [-0.3, -0.25) is 9.78 Å². The maximum Gasteiger partial charge on any atom is 0.165 e. The Morgan fingerprint density at radius 1 is 1.05 bits per heavy atom. The molecule has 0 spiro atoms. The Balaban J connectivity index is 0.00000161. The van der Waals surface area contributed by atoms with Crippen molar-refractivity contribution in [3.63, 3.8) is 0 Å². The predicted octanol–water partition coefficient (Wildman–Crippen LogP) is 4.25. The second-order valence-corrected chi connectivity index (χ2v) is 6.40. The SMILES string of the molecule is CC1(C)CC(=O)c2ccc(Cc3ccccc3)nc2C1.Cl. The molecular weight excluding hydrogens is 282 g/mol. The predicted molar refractivity (Wildman–Crippen MR) is 87.2 cm³/mol. The van der Waals surface area contributed by atoms with Crippen molar-refractivity contribution in [1.29, 1.82) is 0 Å². The topological polar surface area (TPSA) is 30.0 Å². The molecule has 1 aromatic heterocycles. The van der Waals surface area contributed by atoms with E-state index in [4.69, 9.17) is 4.98 Å². The molecule has 2 aromatic rings. The average Bonchev–Trinajstić information content (AvgIpc) is 2.38. The van der Waals surface area contributed by atoms with Gasteiger partial charge in [0.1, 0.15) is 0 Å². The van der Waals surface area contributed by atoms with Gasteiger partial charge in [0.25, 0.3) is 0 Å². The van der Waals surface area contributed by atoms with Crippen LogP contribution in [0.25, 0.3) is 0 Å². The van der Waals surface area contributed by atoms with Crippen LogP contribution in [0.5, 0.6) is 0 Å². The summed E-state index contributed by atoms with van der Waals surface area (Å²) in [5, 5.41) is 0. The summed E-state index contributed by atoms with van der Waals surface area (Å²) < 4.78 is 0. The van der Waals surface area contributed by atoms with E-state index in [-0.39, 0.29) is 23.6 Å². The van der Waals surface area contributed by atoms with Crippen LogP contribution in [0.3, 0.4) is 0 Å². The molecule has 0 atom stereocenters. The fraction of sp³-hybridized carbons (Fsp3) is 0.333. The van der Waals surface area contributed by atoms with Crippen LogP contribution in [0.4, 0.5) is 0 Å². The Morgan fingerprint density at radius 2 is 1.76 bits per heavy atom. The monoisotopic (exact) mass is 301 g/mol. The van der Waals surface area contributed by atoms with E-state index in [1.54, 1.807) is 0 Å². The molecular formula is C18H20ClNO. The lowest BCUT2D eigenvalue weighted by Gasteiger charge is -2.29. The van der Waals surface area contributed by atoms with Gasteiger partial charge in [-0.15, -0.1) is 12.4 Å². The Bertz CT molecular complexity index is 650. The first kappa shape index (κ1) is 15.7. The summed E-state index contributed by atoms with van der Waals surface area (Å²) in [5.74, 6) is 0.231. The number of halogens is 1. The lowest BCUT2D eigenvalue weighted by atomic mass is 9.75. The molecule has 1 aliphatic carbocycles. The molecule has 3 rings (SSSR count). The number of carbonyl (C=O) groups excluding carboxylic acids is 1. The summed E-state index contributed by atoms with van der Waals surface area (Å²) in [7, 11) is 0. The summed E-state index contributed by atoms with van der Waals surface area (Å²) in [5.41, 5.74) is 4.12. The molecule has 0 fully saturated rings. The largest absolute Gasteiger partial charge is 0.294 e. The standard InChI is InChI=1S/C18H19NO.ClH/c1-18(2)11-16-15(17(20)12-18)9-8-14(19-16)10-13-6-4-3-5-7-13;/h3-9H,10-12H2,1-2H3;1H.